The normalized spacial score (nSPS) is 15.5. The van der Waals surface area contributed by atoms with Gasteiger partial charge in [0.2, 0.25) is 0 Å². The van der Waals surface area contributed by atoms with E-state index in [0.717, 1.165) is 4.47 Å². The first-order chi connectivity index (χ1) is 13.5. The molecule has 150 valence electrons. The van der Waals surface area contributed by atoms with Crippen molar-refractivity contribution in [2.24, 2.45) is 11.8 Å². The van der Waals surface area contributed by atoms with Crippen LogP contribution in [0.5, 0.6) is 0 Å². The average Bonchev–Trinajstić information content (AvgIpc) is 2.69. The molecule has 2 aromatic rings. The van der Waals surface area contributed by atoms with Crippen LogP contribution in [0.4, 0.5) is 0 Å². The van der Waals surface area contributed by atoms with Crippen molar-refractivity contribution in [2.45, 2.75) is 33.5 Å². The van der Waals surface area contributed by atoms with E-state index in [4.69, 9.17) is 9.47 Å². The molecule has 0 saturated carbocycles. The van der Waals surface area contributed by atoms with E-state index in [2.05, 4.69) is 91.3 Å². The highest BCUT2D eigenvalue weighted by molar-refractivity contribution is 9.10. The van der Waals surface area contributed by atoms with E-state index < -0.39 is 0 Å². The van der Waals surface area contributed by atoms with Gasteiger partial charge in [0, 0.05) is 23.4 Å². The van der Waals surface area contributed by atoms with Gasteiger partial charge in [0.15, 0.2) is 0 Å². The third kappa shape index (κ3) is 7.75. The first kappa shape index (κ1) is 22.6. The number of hydrogen-bond donors (Lipinski definition) is 0. The molecule has 0 fully saturated rings. The fourth-order valence-corrected chi connectivity index (χ4v) is 3.63. The molecule has 0 heterocycles. The molecule has 0 bridgehead atoms. The Labute approximate surface area is 178 Å². The smallest absolute Gasteiger partial charge is 0.0717 e. The summed E-state index contributed by atoms with van der Waals surface area (Å²) in [6, 6.07) is 18.6. The highest BCUT2D eigenvalue weighted by Crippen LogP contribution is 2.21. The van der Waals surface area contributed by atoms with Gasteiger partial charge in [-0.3, -0.25) is 0 Å². The molecule has 3 atom stereocenters. The van der Waals surface area contributed by atoms with E-state index in [1.807, 2.05) is 18.2 Å². The van der Waals surface area contributed by atoms with Gasteiger partial charge < -0.3 is 9.47 Å². The number of allylic oxidation sites excluding steroid dienone is 2. The van der Waals surface area contributed by atoms with Gasteiger partial charge in [-0.1, -0.05) is 96.0 Å². The molecule has 3 heteroatoms. The summed E-state index contributed by atoms with van der Waals surface area (Å²) in [6.07, 6.45) is 6.69. The van der Waals surface area contributed by atoms with Crippen LogP contribution in [-0.2, 0) is 16.1 Å². The molecule has 0 radical (unpaired) electrons. The van der Waals surface area contributed by atoms with Crippen molar-refractivity contribution >= 4 is 22.0 Å². The highest BCUT2D eigenvalue weighted by atomic mass is 79.9. The fraction of sp³-hybridized carbons (Fsp3) is 0.360. The van der Waals surface area contributed by atoms with Gasteiger partial charge in [0.05, 0.1) is 19.3 Å². The van der Waals surface area contributed by atoms with Gasteiger partial charge in [-0.2, -0.15) is 0 Å². The lowest BCUT2D eigenvalue weighted by molar-refractivity contribution is -0.0133. The van der Waals surface area contributed by atoms with Crippen LogP contribution in [-0.4, -0.2) is 19.8 Å². The van der Waals surface area contributed by atoms with Gasteiger partial charge >= 0.3 is 0 Å². The molecule has 0 aromatic heterocycles. The van der Waals surface area contributed by atoms with Gasteiger partial charge in [-0.25, -0.2) is 0 Å². The highest BCUT2D eigenvalue weighted by Gasteiger charge is 2.22. The summed E-state index contributed by atoms with van der Waals surface area (Å²) in [4.78, 5) is 0. The molecule has 0 saturated heterocycles. The second-order valence-corrected chi connectivity index (χ2v) is 8.25. The van der Waals surface area contributed by atoms with Crippen LogP contribution in [0.15, 0.2) is 76.8 Å². The number of methoxy groups -OCH3 is 1. The zero-order valence-corrected chi connectivity index (χ0v) is 18.9. The second kappa shape index (κ2) is 12.0. The van der Waals surface area contributed by atoms with Gasteiger partial charge in [-0.05, 0) is 30.2 Å². The minimum Gasteiger partial charge on any atom is -0.380 e. The van der Waals surface area contributed by atoms with E-state index in [9.17, 15) is 0 Å². The largest absolute Gasteiger partial charge is 0.380 e. The minimum absolute atomic E-state index is 0.117. The summed E-state index contributed by atoms with van der Waals surface area (Å²) in [7, 11) is 1.79. The lowest BCUT2D eigenvalue weighted by Crippen LogP contribution is -2.30. The van der Waals surface area contributed by atoms with Crippen LogP contribution in [0.25, 0.3) is 6.08 Å². The summed E-state index contributed by atoms with van der Waals surface area (Å²) >= 11 is 3.47. The van der Waals surface area contributed by atoms with Crippen LogP contribution in [0.2, 0.25) is 0 Å². The number of benzene rings is 2. The Morgan fingerprint density at radius 2 is 1.71 bits per heavy atom. The van der Waals surface area contributed by atoms with E-state index >= 15 is 0 Å². The summed E-state index contributed by atoms with van der Waals surface area (Å²) < 4.78 is 12.8. The second-order valence-electron chi connectivity index (χ2n) is 7.33. The quantitative estimate of drug-likeness (QED) is 0.372. The predicted octanol–water partition coefficient (Wildman–Crippen LogP) is 6.91. The standard InChI is InChI=1S/C25H31BrO2/c1-19(10-11-22-12-14-24(26)15-13-22)16-20(2)25(27-4)21(3)17-28-18-23-8-6-5-7-9-23/h5-16,20-21,25H,17-18H2,1-4H3/b11-10+,19-16+/t20-,21-,25+/m0/s1. The average molecular weight is 443 g/mol. The minimum atomic E-state index is 0.117. The number of ether oxygens (including phenoxy) is 2. The molecule has 2 aromatic carbocycles. The predicted molar refractivity (Wildman–Crippen MR) is 122 cm³/mol. The Hall–Kier alpha value is -1.68. The molecular weight excluding hydrogens is 412 g/mol. The molecule has 0 N–H and O–H groups in total. The SMILES string of the molecule is CO[C@H]([C@@H](C)/C=C(C)/C=C/c1ccc(Br)cc1)[C@@H](C)COCc1ccccc1. The molecule has 28 heavy (non-hydrogen) atoms. The van der Waals surface area contributed by atoms with E-state index in [0.29, 0.717) is 25.0 Å². The van der Waals surface area contributed by atoms with Crippen LogP contribution in [0.3, 0.4) is 0 Å². The van der Waals surface area contributed by atoms with Crippen molar-refractivity contribution in [1.82, 2.24) is 0 Å². The Morgan fingerprint density at radius 3 is 2.36 bits per heavy atom. The first-order valence-electron chi connectivity index (χ1n) is 9.76. The van der Waals surface area contributed by atoms with Crippen LogP contribution in [0, 0.1) is 11.8 Å². The third-order valence-electron chi connectivity index (χ3n) is 4.78. The molecule has 0 amide bonds. The number of halogens is 1. The number of rotatable bonds is 10. The van der Waals surface area contributed by atoms with Crippen molar-refractivity contribution in [3.05, 3.63) is 87.9 Å². The van der Waals surface area contributed by atoms with Crippen LogP contribution < -0.4 is 0 Å². The topological polar surface area (TPSA) is 18.5 Å². The summed E-state index contributed by atoms with van der Waals surface area (Å²) in [6.45, 7) is 7.85. The Kier molecular flexibility index (Phi) is 9.69. The Morgan fingerprint density at radius 1 is 1.04 bits per heavy atom. The lowest BCUT2D eigenvalue weighted by Gasteiger charge is -2.27. The van der Waals surface area contributed by atoms with Crippen molar-refractivity contribution in [2.75, 3.05) is 13.7 Å². The maximum Gasteiger partial charge on any atom is 0.0717 e. The zero-order chi connectivity index (χ0) is 20.4. The Bertz CT molecular complexity index is 750. The fourth-order valence-electron chi connectivity index (χ4n) is 3.36. The lowest BCUT2D eigenvalue weighted by atomic mass is 9.92. The summed E-state index contributed by atoms with van der Waals surface area (Å²) in [5, 5.41) is 0. The molecular formula is C25H31BrO2. The summed E-state index contributed by atoms with van der Waals surface area (Å²) in [5.41, 5.74) is 3.62. The van der Waals surface area contributed by atoms with Gasteiger partial charge in [0.25, 0.3) is 0 Å². The molecule has 0 unspecified atom stereocenters. The van der Waals surface area contributed by atoms with E-state index in [-0.39, 0.29) is 6.10 Å². The maximum atomic E-state index is 5.92. The first-order valence-corrected chi connectivity index (χ1v) is 10.6. The molecule has 0 aliphatic rings. The maximum absolute atomic E-state index is 5.92. The van der Waals surface area contributed by atoms with Crippen molar-refractivity contribution in [3.63, 3.8) is 0 Å². The van der Waals surface area contributed by atoms with E-state index in [1.165, 1.54) is 16.7 Å². The molecule has 0 spiro atoms. The monoisotopic (exact) mass is 442 g/mol. The number of hydrogen-bond acceptors (Lipinski definition) is 2. The zero-order valence-electron chi connectivity index (χ0n) is 17.3. The molecule has 0 aliphatic heterocycles. The third-order valence-corrected chi connectivity index (χ3v) is 5.31. The van der Waals surface area contributed by atoms with Crippen LogP contribution in [0.1, 0.15) is 31.9 Å². The Balaban J connectivity index is 1.88. The van der Waals surface area contributed by atoms with Gasteiger partial charge in [-0.15, -0.1) is 0 Å². The molecule has 2 nitrogen and oxygen atoms in total. The van der Waals surface area contributed by atoms with E-state index in [1.54, 1.807) is 7.11 Å². The van der Waals surface area contributed by atoms with Gasteiger partial charge in [0.1, 0.15) is 0 Å². The van der Waals surface area contributed by atoms with Crippen LogP contribution >= 0.6 is 15.9 Å². The molecule has 2 rings (SSSR count). The summed E-state index contributed by atoms with van der Waals surface area (Å²) in [5.74, 6) is 0.609. The molecule has 0 aliphatic carbocycles. The van der Waals surface area contributed by atoms with Crippen molar-refractivity contribution in [3.8, 4) is 0 Å². The van der Waals surface area contributed by atoms with Crippen molar-refractivity contribution in [1.29, 1.82) is 0 Å². The van der Waals surface area contributed by atoms with Crippen molar-refractivity contribution < 1.29 is 9.47 Å².